The summed E-state index contributed by atoms with van der Waals surface area (Å²) in [6.07, 6.45) is 2.42. The predicted molar refractivity (Wildman–Crippen MR) is 155 cm³/mol. The van der Waals surface area contributed by atoms with Gasteiger partial charge in [-0.25, -0.2) is 4.98 Å². The number of amides is 1. The fraction of sp³-hybridized carbons (Fsp3) is 0.367. The van der Waals surface area contributed by atoms with Gasteiger partial charge in [0.25, 0.3) is 11.8 Å². The molecule has 1 amide bonds. The molecule has 0 bridgehead atoms. The summed E-state index contributed by atoms with van der Waals surface area (Å²) in [5, 5.41) is 31.0. The zero-order chi connectivity index (χ0) is 29.4. The summed E-state index contributed by atoms with van der Waals surface area (Å²) in [4.78, 5) is 28.5. The lowest BCUT2D eigenvalue weighted by molar-refractivity contribution is 0.0618. The molecule has 1 aliphatic heterocycles. The number of aliphatic hydroxyl groups excluding tert-OH is 1. The molecule has 41 heavy (non-hydrogen) atoms. The van der Waals surface area contributed by atoms with Crippen molar-refractivity contribution in [3.8, 4) is 11.5 Å². The Kier molecular flexibility index (Phi) is 7.50. The van der Waals surface area contributed by atoms with E-state index in [-0.39, 0.29) is 30.2 Å². The van der Waals surface area contributed by atoms with E-state index in [0.717, 1.165) is 23.2 Å². The lowest BCUT2D eigenvalue weighted by Gasteiger charge is -2.32. The van der Waals surface area contributed by atoms with Crippen LogP contribution in [0.25, 0.3) is 11.5 Å². The maximum Gasteiger partial charge on any atom is 0.263 e. The lowest BCUT2D eigenvalue weighted by Crippen LogP contribution is -2.39. The van der Waals surface area contributed by atoms with Crippen LogP contribution in [0.5, 0.6) is 0 Å². The molecule has 0 unspecified atom stereocenters. The molecule has 0 aliphatic carbocycles. The molecule has 1 aliphatic rings. The first-order valence-corrected chi connectivity index (χ1v) is 13.6. The van der Waals surface area contributed by atoms with Gasteiger partial charge in [-0.15, -0.1) is 0 Å². The maximum atomic E-state index is 13.0. The van der Waals surface area contributed by atoms with E-state index in [9.17, 15) is 15.0 Å². The fourth-order valence-electron chi connectivity index (χ4n) is 4.97. The molecular weight excluding hydrogens is 522 g/mol. The van der Waals surface area contributed by atoms with Crippen molar-refractivity contribution < 1.29 is 19.5 Å². The Morgan fingerprint density at radius 2 is 1.85 bits per heavy atom. The topological polar surface area (TPSA) is 150 Å². The number of aromatic nitrogens is 4. The summed E-state index contributed by atoms with van der Waals surface area (Å²) in [6.45, 7) is 9.77. The van der Waals surface area contributed by atoms with Gasteiger partial charge < -0.3 is 30.3 Å². The van der Waals surface area contributed by atoms with E-state index in [1.54, 1.807) is 20.0 Å². The number of carbonyl (C=O) groups excluding carboxylic acids is 1. The number of nitrogens with one attached hydrogen (secondary N) is 2. The first kappa shape index (κ1) is 28.2. The van der Waals surface area contributed by atoms with Crippen LogP contribution in [-0.4, -0.2) is 54.3 Å². The van der Waals surface area contributed by atoms with Crippen LogP contribution >= 0.6 is 0 Å². The number of benzene rings is 2. The van der Waals surface area contributed by atoms with E-state index in [0.29, 0.717) is 23.5 Å². The predicted octanol–water partition coefficient (Wildman–Crippen LogP) is 4.74. The van der Waals surface area contributed by atoms with Crippen LogP contribution in [0.2, 0.25) is 0 Å². The minimum absolute atomic E-state index is 0.0337. The third kappa shape index (κ3) is 5.50. The summed E-state index contributed by atoms with van der Waals surface area (Å²) in [6, 6.07) is 14.6. The summed E-state index contributed by atoms with van der Waals surface area (Å²) < 4.78 is 5.45. The van der Waals surface area contributed by atoms with Crippen molar-refractivity contribution in [1.82, 2.24) is 25.0 Å². The van der Waals surface area contributed by atoms with Gasteiger partial charge in [0.2, 0.25) is 11.8 Å². The van der Waals surface area contributed by atoms with Crippen LogP contribution in [0.1, 0.15) is 74.4 Å². The van der Waals surface area contributed by atoms with E-state index in [1.807, 2.05) is 53.4 Å². The van der Waals surface area contributed by atoms with Crippen LogP contribution < -0.4 is 10.6 Å². The average Bonchev–Trinajstić information content (AvgIpc) is 3.51. The second kappa shape index (κ2) is 10.9. The summed E-state index contributed by atoms with van der Waals surface area (Å²) in [5.41, 5.74) is 1.88. The molecule has 3 heterocycles. The van der Waals surface area contributed by atoms with Crippen LogP contribution in [-0.2, 0) is 11.1 Å². The van der Waals surface area contributed by atoms with Crippen LogP contribution in [0.15, 0.2) is 59.3 Å². The molecule has 11 heteroatoms. The molecule has 4 N–H and O–H groups in total. The van der Waals surface area contributed by atoms with Crippen molar-refractivity contribution in [2.24, 2.45) is 0 Å². The van der Waals surface area contributed by atoms with E-state index < -0.39 is 17.2 Å². The highest BCUT2D eigenvalue weighted by atomic mass is 16.5. The third-order valence-electron chi connectivity index (χ3n) is 7.22. The number of carbonyl (C=O) groups is 1. The molecule has 0 spiro atoms. The molecule has 5 rings (SSSR count). The molecule has 0 saturated carbocycles. The summed E-state index contributed by atoms with van der Waals surface area (Å²) >= 11 is 0. The summed E-state index contributed by atoms with van der Waals surface area (Å²) in [5.74, 6) is 0.911. The number of hydrogen-bond acceptors (Lipinski definition) is 10. The van der Waals surface area contributed by atoms with Crippen molar-refractivity contribution in [1.29, 1.82) is 0 Å². The molecule has 0 radical (unpaired) electrons. The molecule has 11 nitrogen and oxygen atoms in total. The highest BCUT2D eigenvalue weighted by molar-refractivity contribution is 6.00. The smallest absolute Gasteiger partial charge is 0.263 e. The number of aliphatic hydroxyl groups is 2. The number of hydrogen-bond donors (Lipinski definition) is 4. The minimum Gasteiger partial charge on any atom is -0.394 e. The average molecular weight is 558 g/mol. The van der Waals surface area contributed by atoms with Crippen LogP contribution in [0.3, 0.4) is 0 Å². The van der Waals surface area contributed by atoms with Crippen LogP contribution in [0.4, 0.5) is 17.5 Å². The second-order valence-corrected chi connectivity index (χ2v) is 11.1. The zero-order valence-electron chi connectivity index (χ0n) is 23.8. The Balaban J connectivity index is 1.50. The van der Waals surface area contributed by atoms with E-state index in [2.05, 4.69) is 46.5 Å². The van der Waals surface area contributed by atoms with Gasteiger partial charge in [-0.2, -0.15) is 9.97 Å². The molecule has 0 saturated heterocycles. The van der Waals surface area contributed by atoms with Gasteiger partial charge >= 0.3 is 0 Å². The monoisotopic (exact) mass is 557 g/mol. The van der Waals surface area contributed by atoms with Gasteiger partial charge in [-0.1, -0.05) is 42.4 Å². The molecule has 2 aromatic carbocycles. The van der Waals surface area contributed by atoms with Crippen molar-refractivity contribution in [2.75, 3.05) is 23.8 Å². The largest absolute Gasteiger partial charge is 0.394 e. The molecule has 214 valence electrons. The Bertz CT molecular complexity index is 1550. The van der Waals surface area contributed by atoms with Crippen molar-refractivity contribution in [3.05, 3.63) is 77.2 Å². The van der Waals surface area contributed by atoms with E-state index >= 15 is 0 Å². The number of rotatable bonds is 10. The fourth-order valence-corrected chi connectivity index (χ4v) is 4.97. The van der Waals surface area contributed by atoms with Gasteiger partial charge in [-0.05, 0) is 63.4 Å². The first-order chi connectivity index (χ1) is 19.5. The Labute approximate surface area is 238 Å². The highest BCUT2D eigenvalue weighted by Crippen LogP contribution is 2.40. The minimum atomic E-state index is -1.30. The van der Waals surface area contributed by atoms with Gasteiger partial charge in [0, 0.05) is 24.0 Å². The highest BCUT2D eigenvalue weighted by Gasteiger charge is 2.42. The van der Waals surface area contributed by atoms with Gasteiger partial charge in [0.1, 0.15) is 17.0 Å². The SMILES string of the molecule is CCCN1C(=O)c2ccc(Nc3ncc(-c4nc(C(C)(C)O)no4)c(N[C@H](CO)c4ccccc4)n3)cc2C1(C)C. The van der Waals surface area contributed by atoms with Crippen molar-refractivity contribution in [2.45, 2.75) is 58.2 Å². The van der Waals surface area contributed by atoms with Crippen molar-refractivity contribution >= 4 is 23.4 Å². The standard InChI is InChI=1S/C30H35N7O4/c1-6-14-37-26(39)20-13-12-19(15-22(20)29(37,2)3)32-28-31-16-21(25-35-27(36-41-25)30(4,5)40)24(34-28)33-23(17-38)18-10-8-7-9-11-18/h7-13,15-16,23,38,40H,6,14,17H2,1-5H3,(H2,31,32,33,34)/t23-/m1/s1. The number of nitrogens with zero attached hydrogens (tertiary/aromatic N) is 5. The summed E-state index contributed by atoms with van der Waals surface area (Å²) in [7, 11) is 0. The maximum absolute atomic E-state index is 13.0. The zero-order valence-corrected chi connectivity index (χ0v) is 23.8. The molecule has 4 aromatic rings. The van der Waals surface area contributed by atoms with Gasteiger partial charge in [0.05, 0.1) is 18.2 Å². The van der Waals surface area contributed by atoms with Crippen molar-refractivity contribution in [3.63, 3.8) is 0 Å². The van der Waals surface area contributed by atoms with E-state index in [4.69, 9.17) is 9.51 Å². The molecule has 2 aromatic heterocycles. The van der Waals surface area contributed by atoms with Gasteiger partial charge in [0.15, 0.2) is 0 Å². The van der Waals surface area contributed by atoms with Gasteiger partial charge in [-0.3, -0.25) is 4.79 Å². The third-order valence-corrected chi connectivity index (χ3v) is 7.22. The molecule has 0 fully saturated rings. The molecular formula is C30H35N7O4. The Hall–Kier alpha value is -4.35. The Morgan fingerprint density at radius 3 is 2.51 bits per heavy atom. The van der Waals surface area contributed by atoms with Crippen LogP contribution in [0, 0.1) is 0 Å². The van der Waals surface area contributed by atoms with E-state index in [1.165, 1.54) is 0 Å². The molecule has 1 atom stereocenters. The quantitative estimate of drug-likeness (QED) is 0.215. The Morgan fingerprint density at radius 1 is 1.10 bits per heavy atom. The second-order valence-electron chi connectivity index (χ2n) is 11.1. The number of fused-ring (bicyclic) bond motifs is 1. The number of anilines is 3. The lowest BCUT2D eigenvalue weighted by atomic mass is 9.93. The first-order valence-electron chi connectivity index (χ1n) is 13.6. The normalized spacial score (nSPS) is 15.1.